The number of carbonyl (C=O) groups is 1. The van der Waals surface area contributed by atoms with Crippen LogP contribution in [0.25, 0.3) is 0 Å². The maximum absolute atomic E-state index is 13.4. The summed E-state index contributed by atoms with van der Waals surface area (Å²) in [6.45, 7) is 4.08. The first-order chi connectivity index (χ1) is 18.4. The van der Waals surface area contributed by atoms with Crippen molar-refractivity contribution in [2.45, 2.75) is 49.5 Å². The molecule has 0 saturated carbocycles. The van der Waals surface area contributed by atoms with Crippen LogP contribution in [0.15, 0.2) is 78.9 Å². The van der Waals surface area contributed by atoms with E-state index in [1.54, 1.807) is 0 Å². The first kappa shape index (κ1) is 27.2. The van der Waals surface area contributed by atoms with Crippen LogP contribution < -0.4 is 0 Å². The minimum atomic E-state index is -0.741. The lowest BCUT2D eigenvalue weighted by Crippen LogP contribution is -2.49. The minimum absolute atomic E-state index is 0.0732. The number of aliphatic hydroxyl groups is 1. The van der Waals surface area contributed by atoms with Crippen molar-refractivity contribution in [3.05, 3.63) is 106 Å². The molecular formula is C32H36Cl2N2O2. The van der Waals surface area contributed by atoms with E-state index < -0.39 is 5.60 Å². The maximum atomic E-state index is 13.4. The molecule has 0 radical (unpaired) electrons. The summed E-state index contributed by atoms with van der Waals surface area (Å²) in [5, 5.41) is 12.4. The molecule has 1 atom stereocenters. The molecular weight excluding hydrogens is 515 g/mol. The number of hydrogen-bond acceptors (Lipinski definition) is 3. The van der Waals surface area contributed by atoms with Crippen LogP contribution in [0.2, 0.25) is 10.0 Å². The monoisotopic (exact) mass is 550 g/mol. The van der Waals surface area contributed by atoms with Gasteiger partial charge in [0.15, 0.2) is 0 Å². The Hall–Kier alpha value is -2.37. The van der Waals surface area contributed by atoms with Crippen LogP contribution in [0.1, 0.15) is 60.0 Å². The third-order valence-electron chi connectivity index (χ3n) is 8.53. The molecule has 0 aromatic heterocycles. The number of likely N-dealkylation sites (tertiary alicyclic amines) is 2. The van der Waals surface area contributed by atoms with Crippen LogP contribution in [0.3, 0.4) is 0 Å². The van der Waals surface area contributed by atoms with Crippen molar-refractivity contribution in [1.29, 1.82) is 0 Å². The molecule has 200 valence electrons. The fourth-order valence-electron chi connectivity index (χ4n) is 6.37. The molecule has 0 aliphatic carbocycles. The van der Waals surface area contributed by atoms with E-state index in [-0.39, 0.29) is 11.3 Å². The van der Waals surface area contributed by atoms with Crippen molar-refractivity contribution in [3.8, 4) is 0 Å². The fraction of sp³-hybridized carbons (Fsp3) is 0.406. The lowest BCUT2D eigenvalue weighted by atomic mass is 9.70. The van der Waals surface area contributed by atoms with Crippen LogP contribution in [-0.2, 0) is 11.0 Å². The first-order valence-electron chi connectivity index (χ1n) is 13.7. The van der Waals surface area contributed by atoms with Crippen molar-refractivity contribution in [2.75, 3.05) is 32.7 Å². The third kappa shape index (κ3) is 5.79. The highest BCUT2D eigenvalue weighted by Gasteiger charge is 2.40. The number of nitrogens with zero attached hydrogens (tertiary/aromatic N) is 2. The van der Waals surface area contributed by atoms with Crippen molar-refractivity contribution in [3.63, 3.8) is 0 Å². The van der Waals surface area contributed by atoms with E-state index in [1.807, 2.05) is 77.7 Å². The second-order valence-electron chi connectivity index (χ2n) is 10.9. The SMILES string of the molecule is O=C(c1ccccc1)N1CCCC(CCCN2CCC(O)(c3ccccc3)CC2)(c2cccc(Cl)c2Cl)C1. The second kappa shape index (κ2) is 11.8. The van der Waals surface area contributed by atoms with Gasteiger partial charge in [-0.2, -0.15) is 0 Å². The topological polar surface area (TPSA) is 43.8 Å². The predicted molar refractivity (Wildman–Crippen MR) is 155 cm³/mol. The van der Waals surface area contributed by atoms with Gasteiger partial charge in [0.05, 0.1) is 15.6 Å². The number of rotatable bonds is 7. The molecule has 1 N–H and O–H groups in total. The molecule has 2 saturated heterocycles. The van der Waals surface area contributed by atoms with Gasteiger partial charge >= 0.3 is 0 Å². The van der Waals surface area contributed by atoms with Crippen LogP contribution >= 0.6 is 23.2 Å². The second-order valence-corrected chi connectivity index (χ2v) is 11.7. The van der Waals surface area contributed by atoms with E-state index in [1.165, 1.54) is 0 Å². The fourth-order valence-corrected chi connectivity index (χ4v) is 6.87. The summed E-state index contributed by atoms with van der Waals surface area (Å²) in [5.74, 6) is 0.0732. The van der Waals surface area contributed by atoms with Gasteiger partial charge in [0.2, 0.25) is 0 Å². The van der Waals surface area contributed by atoms with Gasteiger partial charge in [0, 0.05) is 37.2 Å². The molecule has 1 amide bonds. The normalized spacial score (nSPS) is 21.8. The van der Waals surface area contributed by atoms with Gasteiger partial charge < -0.3 is 14.9 Å². The zero-order valence-corrected chi connectivity index (χ0v) is 23.3. The van der Waals surface area contributed by atoms with E-state index in [0.717, 1.165) is 81.4 Å². The van der Waals surface area contributed by atoms with Gasteiger partial charge in [0.1, 0.15) is 0 Å². The van der Waals surface area contributed by atoms with Gasteiger partial charge in [-0.15, -0.1) is 0 Å². The molecule has 5 rings (SSSR count). The molecule has 3 aromatic carbocycles. The average Bonchev–Trinajstić information content (AvgIpc) is 2.96. The Morgan fingerprint density at radius 3 is 2.24 bits per heavy atom. The summed E-state index contributed by atoms with van der Waals surface area (Å²) in [6.07, 6.45) is 5.28. The molecule has 0 bridgehead atoms. The van der Waals surface area contributed by atoms with Gasteiger partial charge in [-0.05, 0) is 74.4 Å². The highest BCUT2D eigenvalue weighted by Crippen LogP contribution is 2.44. The number of halogens is 2. The van der Waals surface area contributed by atoms with Crippen LogP contribution in [-0.4, -0.2) is 53.5 Å². The molecule has 38 heavy (non-hydrogen) atoms. The Morgan fingerprint density at radius 1 is 0.842 bits per heavy atom. The first-order valence-corrected chi connectivity index (χ1v) is 14.4. The van der Waals surface area contributed by atoms with E-state index in [0.29, 0.717) is 16.6 Å². The summed E-state index contributed by atoms with van der Waals surface area (Å²) in [4.78, 5) is 17.9. The summed E-state index contributed by atoms with van der Waals surface area (Å²) < 4.78 is 0. The van der Waals surface area contributed by atoms with Crippen molar-refractivity contribution < 1.29 is 9.90 Å². The Morgan fingerprint density at radius 2 is 1.53 bits per heavy atom. The lowest BCUT2D eigenvalue weighted by molar-refractivity contribution is -0.0265. The lowest BCUT2D eigenvalue weighted by Gasteiger charge is -2.45. The highest BCUT2D eigenvalue weighted by molar-refractivity contribution is 6.42. The number of piperidine rings is 2. The molecule has 0 spiro atoms. The summed E-state index contributed by atoms with van der Waals surface area (Å²) >= 11 is 13.3. The number of benzene rings is 3. The summed E-state index contributed by atoms with van der Waals surface area (Å²) in [6, 6.07) is 25.5. The van der Waals surface area contributed by atoms with Gasteiger partial charge in [0.25, 0.3) is 5.91 Å². The standard InChI is InChI=1S/C32H36Cl2N2O2/c33-28-15-7-14-27(29(28)34)31(17-9-21-36(24-31)30(37)25-10-3-1-4-11-25)16-8-20-35-22-18-32(38,19-23-35)26-12-5-2-6-13-26/h1-7,10-15,38H,8-9,16-24H2. The maximum Gasteiger partial charge on any atom is 0.253 e. The van der Waals surface area contributed by atoms with E-state index in [4.69, 9.17) is 23.2 Å². The minimum Gasteiger partial charge on any atom is -0.385 e. The van der Waals surface area contributed by atoms with Crippen molar-refractivity contribution in [2.24, 2.45) is 0 Å². The number of hydrogen-bond donors (Lipinski definition) is 1. The zero-order chi connectivity index (χ0) is 26.6. The zero-order valence-electron chi connectivity index (χ0n) is 21.8. The van der Waals surface area contributed by atoms with Crippen LogP contribution in [0, 0.1) is 0 Å². The molecule has 2 heterocycles. The van der Waals surface area contributed by atoms with Crippen molar-refractivity contribution >= 4 is 29.1 Å². The predicted octanol–water partition coefficient (Wildman–Crippen LogP) is 6.93. The molecule has 2 fully saturated rings. The molecule has 2 aliphatic rings. The van der Waals surface area contributed by atoms with E-state index >= 15 is 0 Å². The smallest absolute Gasteiger partial charge is 0.253 e. The molecule has 2 aliphatic heterocycles. The third-order valence-corrected chi connectivity index (χ3v) is 9.35. The molecule has 1 unspecified atom stereocenters. The molecule has 3 aromatic rings. The van der Waals surface area contributed by atoms with Crippen molar-refractivity contribution in [1.82, 2.24) is 9.80 Å². The summed E-state index contributed by atoms with van der Waals surface area (Å²) in [7, 11) is 0. The van der Waals surface area contributed by atoms with E-state index in [9.17, 15) is 9.90 Å². The van der Waals surface area contributed by atoms with Gasteiger partial charge in [-0.3, -0.25) is 4.79 Å². The molecule has 4 nitrogen and oxygen atoms in total. The Bertz CT molecular complexity index is 1230. The quantitative estimate of drug-likeness (QED) is 0.346. The van der Waals surface area contributed by atoms with Crippen LogP contribution in [0.4, 0.5) is 0 Å². The largest absolute Gasteiger partial charge is 0.385 e. The van der Waals surface area contributed by atoms with Gasteiger partial charge in [-0.25, -0.2) is 0 Å². The molecule has 6 heteroatoms. The van der Waals surface area contributed by atoms with Crippen LogP contribution in [0.5, 0.6) is 0 Å². The highest BCUT2D eigenvalue weighted by atomic mass is 35.5. The number of carbonyl (C=O) groups excluding carboxylic acids is 1. The number of amides is 1. The van der Waals surface area contributed by atoms with Gasteiger partial charge in [-0.1, -0.05) is 83.9 Å². The average molecular weight is 552 g/mol. The van der Waals surface area contributed by atoms with E-state index in [2.05, 4.69) is 11.0 Å². The Kier molecular flexibility index (Phi) is 8.44. The Balaban J connectivity index is 1.29. The summed E-state index contributed by atoms with van der Waals surface area (Å²) in [5.41, 5.74) is 1.80. The Labute approximate surface area is 236 Å².